The second kappa shape index (κ2) is 7.93. The number of anilines is 4. The Kier molecular flexibility index (Phi) is 5.23. The number of pyridine rings is 1. The lowest BCUT2D eigenvalue weighted by atomic mass is 10.1. The first-order valence-corrected chi connectivity index (χ1v) is 8.11. The molecule has 26 heavy (non-hydrogen) atoms. The number of carbonyl (C=O) groups excluding carboxylic acids is 1. The van der Waals surface area contributed by atoms with E-state index in [4.69, 9.17) is 5.73 Å². The molecule has 0 bridgehead atoms. The zero-order valence-corrected chi connectivity index (χ0v) is 14.2. The number of amides is 1. The Bertz CT molecular complexity index is 899. The van der Waals surface area contributed by atoms with E-state index in [9.17, 15) is 4.79 Å². The molecule has 3 aromatic rings. The summed E-state index contributed by atoms with van der Waals surface area (Å²) in [6, 6.07) is 13.0. The normalized spacial score (nSPS) is 10.2. The Morgan fingerprint density at radius 1 is 1.04 bits per heavy atom. The topological polar surface area (TPSA) is 118 Å². The van der Waals surface area contributed by atoms with E-state index in [0.717, 1.165) is 17.7 Å². The molecule has 0 aliphatic heterocycles. The third-order valence-corrected chi connectivity index (χ3v) is 3.73. The van der Waals surface area contributed by atoms with Crippen LogP contribution in [0.4, 0.5) is 23.0 Å². The fraction of sp³-hybridized carbons (Fsp3) is 0.111. The van der Waals surface area contributed by atoms with Gasteiger partial charge in [0.2, 0.25) is 0 Å². The summed E-state index contributed by atoms with van der Waals surface area (Å²) < 4.78 is 0. The number of nitrogens with one attached hydrogen (secondary N) is 3. The minimum Gasteiger partial charge on any atom is -0.393 e. The summed E-state index contributed by atoms with van der Waals surface area (Å²) in [6.45, 7) is 2.07. The Hall–Kier alpha value is -3.68. The number of aromatic nitrogens is 3. The molecule has 3 rings (SSSR count). The number of nitrogen functional groups attached to an aromatic ring is 1. The molecule has 0 radical (unpaired) electrons. The van der Waals surface area contributed by atoms with Gasteiger partial charge in [0.25, 0.3) is 5.91 Å². The van der Waals surface area contributed by atoms with Crippen LogP contribution in [0, 0.1) is 0 Å². The van der Waals surface area contributed by atoms with Crippen molar-refractivity contribution in [2.24, 2.45) is 0 Å². The molecular formula is C18H19N7O. The van der Waals surface area contributed by atoms with Gasteiger partial charge in [0, 0.05) is 11.9 Å². The molecule has 0 atom stereocenters. The fourth-order valence-corrected chi connectivity index (χ4v) is 2.35. The summed E-state index contributed by atoms with van der Waals surface area (Å²) in [6.07, 6.45) is 3.78. The van der Waals surface area contributed by atoms with E-state index in [1.165, 1.54) is 6.33 Å². The van der Waals surface area contributed by atoms with Gasteiger partial charge in [0.1, 0.15) is 17.7 Å². The van der Waals surface area contributed by atoms with Gasteiger partial charge in [-0.15, -0.1) is 0 Å². The van der Waals surface area contributed by atoms with Gasteiger partial charge in [-0.2, -0.15) is 0 Å². The lowest BCUT2D eigenvalue weighted by Crippen LogP contribution is -2.31. The quantitative estimate of drug-likeness (QED) is 0.505. The Balaban J connectivity index is 1.74. The van der Waals surface area contributed by atoms with Gasteiger partial charge in [-0.05, 0) is 30.2 Å². The molecule has 0 aliphatic carbocycles. The summed E-state index contributed by atoms with van der Waals surface area (Å²) in [4.78, 5) is 24.3. The smallest absolute Gasteiger partial charge is 0.288 e. The average molecular weight is 349 g/mol. The number of nitrogens with two attached hydrogens (primary N) is 1. The van der Waals surface area contributed by atoms with Crippen LogP contribution < -0.4 is 21.9 Å². The van der Waals surface area contributed by atoms with Crippen molar-refractivity contribution in [2.45, 2.75) is 13.3 Å². The minimum absolute atomic E-state index is 0.280. The van der Waals surface area contributed by atoms with Crippen LogP contribution in [-0.4, -0.2) is 20.9 Å². The van der Waals surface area contributed by atoms with Crippen LogP contribution in [0.25, 0.3) is 0 Å². The van der Waals surface area contributed by atoms with Crippen molar-refractivity contribution in [2.75, 3.05) is 16.5 Å². The highest BCUT2D eigenvalue weighted by Gasteiger charge is 2.11. The Morgan fingerprint density at radius 2 is 1.81 bits per heavy atom. The summed E-state index contributed by atoms with van der Waals surface area (Å²) >= 11 is 0. The van der Waals surface area contributed by atoms with Crippen molar-refractivity contribution in [3.8, 4) is 0 Å². The van der Waals surface area contributed by atoms with Crippen LogP contribution in [0.15, 0.2) is 55.0 Å². The van der Waals surface area contributed by atoms with Crippen LogP contribution in [0.3, 0.4) is 0 Å². The number of nitrogens with zero attached hydrogens (tertiary/aromatic N) is 3. The van der Waals surface area contributed by atoms with Crippen LogP contribution in [0.1, 0.15) is 23.0 Å². The number of carbonyl (C=O) groups is 1. The van der Waals surface area contributed by atoms with Crippen molar-refractivity contribution >= 4 is 28.9 Å². The number of rotatable bonds is 6. The number of para-hydroxylation sites is 1. The van der Waals surface area contributed by atoms with Crippen molar-refractivity contribution in [1.82, 2.24) is 20.4 Å². The maximum absolute atomic E-state index is 12.1. The molecule has 1 aromatic carbocycles. The molecule has 0 saturated carbocycles. The van der Waals surface area contributed by atoms with Crippen molar-refractivity contribution in [3.63, 3.8) is 0 Å². The van der Waals surface area contributed by atoms with Gasteiger partial charge in [-0.1, -0.05) is 31.2 Å². The molecule has 8 heteroatoms. The number of benzene rings is 1. The third kappa shape index (κ3) is 3.86. The number of hydrazine groups is 1. The predicted molar refractivity (Wildman–Crippen MR) is 101 cm³/mol. The highest BCUT2D eigenvalue weighted by Crippen LogP contribution is 2.27. The van der Waals surface area contributed by atoms with E-state index < -0.39 is 5.91 Å². The Labute approximate surface area is 150 Å². The van der Waals surface area contributed by atoms with Crippen LogP contribution in [-0.2, 0) is 6.42 Å². The van der Waals surface area contributed by atoms with Crippen molar-refractivity contribution in [1.29, 1.82) is 0 Å². The molecule has 0 fully saturated rings. The molecule has 2 aromatic heterocycles. The highest BCUT2D eigenvalue weighted by atomic mass is 16.2. The lowest BCUT2D eigenvalue weighted by Gasteiger charge is -2.14. The molecule has 8 nitrogen and oxygen atoms in total. The van der Waals surface area contributed by atoms with Gasteiger partial charge in [-0.3, -0.25) is 20.6 Å². The van der Waals surface area contributed by atoms with Crippen LogP contribution >= 0.6 is 0 Å². The third-order valence-electron chi connectivity index (χ3n) is 3.73. The first-order chi connectivity index (χ1) is 12.7. The number of hydrogen-bond acceptors (Lipinski definition) is 7. The molecule has 132 valence electrons. The monoisotopic (exact) mass is 349 g/mol. The maximum Gasteiger partial charge on any atom is 0.288 e. The first-order valence-electron chi connectivity index (χ1n) is 8.11. The maximum atomic E-state index is 12.1. The van der Waals surface area contributed by atoms with Crippen molar-refractivity contribution < 1.29 is 4.79 Å². The number of aryl methyl sites for hydroxylation is 1. The zero-order chi connectivity index (χ0) is 18.4. The number of hydrogen-bond donors (Lipinski definition) is 4. The molecule has 2 heterocycles. The molecule has 0 aliphatic rings. The molecule has 1 amide bonds. The van der Waals surface area contributed by atoms with Gasteiger partial charge in [0.15, 0.2) is 11.6 Å². The van der Waals surface area contributed by atoms with Crippen LogP contribution in [0.5, 0.6) is 0 Å². The van der Waals surface area contributed by atoms with Gasteiger partial charge < -0.3 is 11.1 Å². The second-order valence-electron chi connectivity index (χ2n) is 5.41. The fourth-order valence-electron chi connectivity index (χ4n) is 2.35. The second-order valence-corrected chi connectivity index (χ2v) is 5.41. The summed E-state index contributed by atoms with van der Waals surface area (Å²) in [7, 11) is 0. The van der Waals surface area contributed by atoms with E-state index >= 15 is 0 Å². The summed E-state index contributed by atoms with van der Waals surface area (Å²) in [5.41, 5.74) is 14.0. The van der Waals surface area contributed by atoms with E-state index in [1.807, 2.05) is 24.3 Å². The molecule has 0 spiro atoms. The first kappa shape index (κ1) is 17.2. The molecule has 0 unspecified atom stereocenters. The predicted octanol–water partition coefficient (Wildman–Crippen LogP) is 2.52. The van der Waals surface area contributed by atoms with Gasteiger partial charge >= 0.3 is 0 Å². The molecule has 0 saturated heterocycles. The Morgan fingerprint density at radius 3 is 2.58 bits per heavy atom. The van der Waals surface area contributed by atoms with Crippen molar-refractivity contribution in [3.05, 3.63) is 66.2 Å². The molecular weight excluding hydrogens is 330 g/mol. The van der Waals surface area contributed by atoms with E-state index in [2.05, 4.69) is 38.0 Å². The average Bonchev–Trinajstić information content (AvgIpc) is 2.69. The van der Waals surface area contributed by atoms with E-state index in [-0.39, 0.29) is 5.69 Å². The SMILES string of the molecule is CCc1ccccc1Nc1ncnc(NNC(=O)c2ccccn2)c1N. The molecule has 5 N–H and O–H groups in total. The lowest BCUT2D eigenvalue weighted by molar-refractivity contribution is 0.0957. The zero-order valence-electron chi connectivity index (χ0n) is 14.2. The van der Waals surface area contributed by atoms with Crippen LogP contribution in [0.2, 0.25) is 0 Å². The summed E-state index contributed by atoms with van der Waals surface area (Å²) in [5, 5.41) is 3.21. The highest BCUT2D eigenvalue weighted by molar-refractivity contribution is 5.93. The van der Waals surface area contributed by atoms with Gasteiger partial charge in [0.05, 0.1) is 0 Å². The summed E-state index contributed by atoms with van der Waals surface area (Å²) in [5.74, 6) is 0.352. The van der Waals surface area contributed by atoms with E-state index in [1.54, 1.807) is 24.4 Å². The van der Waals surface area contributed by atoms with E-state index in [0.29, 0.717) is 17.3 Å². The standard InChI is InChI=1S/C18H19N7O/c1-2-12-7-3-4-8-13(12)23-16-15(19)17(22-11-21-16)24-25-18(26)14-9-5-6-10-20-14/h3-11H,2,19H2,1H3,(H,25,26)(H2,21,22,23,24). The van der Waals surface area contributed by atoms with Gasteiger partial charge in [-0.25, -0.2) is 9.97 Å². The minimum atomic E-state index is -0.394. The largest absolute Gasteiger partial charge is 0.393 e.